The van der Waals surface area contributed by atoms with E-state index in [0.717, 1.165) is 0 Å². The van der Waals surface area contributed by atoms with Gasteiger partial charge in [0.05, 0.1) is 0 Å². The van der Waals surface area contributed by atoms with Crippen molar-refractivity contribution in [3.05, 3.63) is 33.9 Å². The van der Waals surface area contributed by atoms with Crippen molar-refractivity contribution < 1.29 is 64.9 Å². The molecule has 1 aromatic heterocycles. The second kappa shape index (κ2) is 6.95. The Morgan fingerprint density at radius 1 is 1.50 bits per heavy atom. The van der Waals surface area contributed by atoms with Crippen LogP contribution in [0.4, 0.5) is 0 Å². The van der Waals surface area contributed by atoms with Crippen LogP contribution in [0.25, 0.3) is 5.57 Å². The molecule has 0 fully saturated rings. The minimum Gasteiger partial charge on any atom is -0.769 e. The number of allylic oxidation sites excluding steroid dienone is 2. The summed E-state index contributed by atoms with van der Waals surface area (Å²) in [6.45, 7) is 4.71. The predicted molar refractivity (Wildman–Crippen MR) is 55.1 cm³/mol. The van der Waals surface area contributed by atoms with Crippen molar-refractivity contribution in [2.45, 2.75) is 20.8 Å². The molecule has 0 radical (unpaired) electrons. The van der Waals surface area contributed by atoms with Gasteiger partial charge in [0.2, 0.25) is 11.9 Å². The molecule has 82 valence electrons. The molecule has 0 aliphatic rings. The average molecular weight is 266 g/mol. The zero-order valence-corrected chi connectivity index (χ0v) is 13.6. The number of aryl methyl sites for hydroxylation is 1. The van der Waals surface area contributed by atoms with Crippen molar-refractivity contribution in [3.63, 3.8) is 0 Å². The molecule has 1 rings (SSSR count). The molecule has 0 amide bonds. The van der Waals surface area contributed by atoms with E-state index in [2.05, 4.69) is 4.98 Å². The van der Waals surface area contributed by atoms with Crippen LogP contribution in [0.15, 0.2) is 17.3 Å². The van der Waals surface area contributed by atoms with Gasteiger partial charge in [0.15, 0.2) is 0 Å². The van der Waals surface area contributed by atoms with Gasteiger partial charge in [-0.3, -0.25) is 4.21 Å². The first kappa shape index (κ1) is 16.4. The summed E-state index contributed by atoms with van der Waals surface area (Å²) in [7, 11) is 0. The maximum Gasteiger partial charge on any atom is 1.00 e. The van der Waals surface area contributed by atoms with Crippen LogP contribution < -0.4 is 56.1 Å². The Morgan fingerprint density at radius 2 is 2.06 bits per heavy atom. The third-order valence-corrected chi connectivity index (χ3v) is 2.90. The fourth-order valence-corrected chi connectivity index (χ4v) is 1.41. The molecule has 0 N–H and O–H groups in total. The monoisotopic (exact) mass is 266 g/mol. The summed E-state index contributed by atoms with van der Waals surface area (Å²) in [5.41, 5.74) is 1.25. The van der Waals surface area contributed by atoms with Gasteiger partial charge in [0.25, 0.3) is 0 Å². The standard InChI is InChI=1S/C9H12N2O3S.K/c1-6-5-11(12)9(4-10-6)7(2)8(3)15(13)14;/h4-5H,1-3H3,(H,13,14);/q;+1/p-1/b8-7+;. The number of hydrogen-bond acceptors (Lipinski definition) is 4. The van der Waals surface area contributed by atoms with Gasteiger partial charge in [0, 0.05) is 10.5 Å². The fraction of sp³-hybridized carbons (Fsp3) is 0.333. The Balaban J connectivity index is 0.00000225. The quantitative estimate of drug-likeness (QED) is 0.260. The number of hydrogen-bond donors (Lipinski definition) is 0. The summed E-state index contributed by atoms with van der Waals surface area (Å²) in [5.74, 6) is 0. The van der Waals surface area contributed by atoms with Gasteiger partial charge in [-0.2, -0.15) is 4.73 Å². The zero-order valence-electron chi connectivity index (χ0n) is 9.68. The largest absolute Gasteiger partial charge is 1.00 e. The summed E-state index contributed by atoms with van der Waals surface area (Å²) in [6, 6.07) is 0. The van der Waals surface area contributed by atoms with Crippen molar-refractivity contribution in [1.29, 1.82) is 0 Å². The molecule has 0 bridgehead atoms. The van der Waals surface area contributed by atoms with Crippen LogP contribution in [0.2, 0.25) is 0 Å². The molecule has 5 nitrogen and oxygen atoms in total. The van der Waals surface area contributed by atoms with Gasteiger partial charge < -0.3 is 9.76 Å². The Morgan fingerprint density at radius 3 is 2.50 bits per heavy atom. The molecule has 1 aromatic rings. The number of rotatable bonds is 2. The van der Waals surface area contributed by atoms with Crippen molar-refractivity contribution in [3.8, 4) is 0 Å². The van der Waals surface area contributed by atoms with Gasteiger partial charge in [-0.1, -0.05) is 0 Å². The summed E-state index contributed by atoms with van der Waals surface area (Å²) < 4.78 is 22.0. The van der Waals surface area contributed by atoms with E-state index in [1.165, 1.54) is 19.3 Å². The first-order valence-electron chi connectivity index (χ1n) is 4.26. The summed E-state index contributed by atoms with van der Waals surface area (Å²) in [4.78, 5) is 4.09. The van der Waals surface area contributed by atoms with E-state index in [9.17, 15) is 14.0 Å². The Hall–Kier alpha value is 0.366. The molecule has 1 atom stereocenters. The van der Waals surface area contributed by atoms with Gasteiger partial charge in [-0.15, -0.1) is 0 Å². The van der Waals surface area contributed by atoms with Crippen LogP contribution in [0, 0.1) is 12.1 Å². The smallest absolute Gasteiger partial charge is 0.769 e. The molecule has 1 heterocycles. The molecule has 7 heteroatoms. The Labute approximate surface area is 139 Å². The summed E-state index contributed by atoms with van der Waals surface area (Å²) >= 11 is -2.30. The second-order valence-corrected chi connectivity index (χ2v) is 4.24. The van der Waals surface area contributed by atoms with Gasteiger partial charge in [0.1, 0.15) is 11.9 Å². The molecule has 16 heavy (non-hydrogen) atoms. The number of aromatic nitrogens is 2. The van der Waals surface area contributed by atoms with Crippen LogP contribution in [0.3, 0.4) is 0 Å². The average Bonchev–Trinajstić information content (AvgIpc) is 2.15. The second-order valence-electron chi connectivity index (χ2n) is 3.16. The van der Waals surface area contributed by atoms with E-state index >= 15 is 0 Å². The van der Waals surface area contributed by atoms with Crippen LogP contribution in [-0.2, 0) is 11.1 Å². The van der Waals surface area contributed by atoms with Crippen LogP contribution in [0.1, 0.15) is 25.2 Å². The third-order valence-electron chi connectivity index (χ3n) is 2.09. The first-order chi connectivity index (χ1) is 6.93. The van der Waals surface area contributed by atoms with Gasteiger partial charge in [-0.25, -0.2) is 4.98 Å². The van der Waals surface area contributed by atoms with Crippen molar-refractivity contribution in [2.24, 2.45) is 0 Å². The molecular weight excluding hydrogens is 255 g/mol. The minimum atomic E-state index is -2.30. The first-order valence-corrected chi connectivity index (χ1v) is 5.34. The normalized spacial score (nSPS) is 13.8. The van der Waals surface area contributed by atoms with Crippen molar-refractivity contribution in [2.75, 3.05) is 0 Å². The van der Waals surface area contributed by atoms with E-state index in [-0.39, 0.29) is 62.0 Å². The van der Waals surface area contributed by atoms with E-state index in [1.807, 2.05) is 0 Å². The van der Waals surface area contributed by atoms with Crippen molar-refractivity contribution >= 4 is 16.7 Å². The fourth-order valence-electron chi connectivity index (χ4n) is 1.06. The molecule has 0 saturated heterocycles. The molecule has 0 aromatic carbocycles. The predicted octanol–water partition coefficient (Wildman–Crippen LogP) is -2.34. The summed E-state index contributed by atoms with van der Waals surface area (Å²) in [5, 5.41) is 11.5. The zero-order chi connectivity index (χ0) is 11.6. The molecular formula is C9H11KN2O3S. The third kappa shape index (κ3) is 3.99. The molecule has 0 aliphatic heterocycles. The van der Waals surface area contributed by atoms with E-state index in [1.54, 1.807) is 13.8 Å². The molecule has 0 aliphatic carbocycles. The van der Waals surface area contributed by atoms with Gasteiger partial charge >= 0.3 is 51.4 Å². The van der Waals surface area contributed by atoms with E-state index in [0.29, 0.717) is 16.0 Å². The molecule has 0 spiro atoms. The van der Waals surface area contributed by atoms with E-state index < -0.39 is 11.1 Å². The summed E-state index contributed by atoms with van der Waals surface area (Å²) in [6.07, 6.45) is 2.67. The SMILES string of the molecule is C/C(=C(/C)S(=O)[O-])c1cnc(C)c[n+]1[O-].[K+]. The Bertz CT molecular complexity index is 448. The topological polar surface area (TPSA) is 80.0 Å². The van der Waals surface area contributed by atoms with Crippen molar-refractivity contribution in [1.82, 2.24) is 4.98 Å². The minimum absolute atomic E-state index is 0. The van der Waals surface area contributed by atoms with E-state index in [4.69, 9.17) is 0 Å². The maximum absolute atomic E-state index is 11.5. The number of nitrogens with zero attached hydrogens (tertiary/aromatic N) is 2. The van der Waals surface area contributed by atoms with Crippen LogP contribution >= 0.6 is 0 Å². The van der Waals surface area contributed by atoms with Gasteiger partial charge in [-0.05, 0) is 31.9 Å². The maximum atomic E-state index is 11.5. The molecule has 0 saturated carbocycles. The van der Waals surface area contributed by atoms with Crippen LogP contribution in [-0.4, -0.2) is 13.7 Å². The molecule has 1 unspecified atom stereocenters. The van der Waals surface area contributed by atoms with Crippen LogP contribution in [0.5, 0.6) is 0 Å². The Kier molecular flexibility index (Phi) is 7.11.